The van der Waals surface area contributed by atoms with Crippen LogP contribution in [0.15, 0.2) is 17.1 Å². The Hall–Kier alpha value is -1.94. The molecule has 0 saturated heterocycles. The Labute approximate surface area is 146 Å². The summed E-state index contributed by atoms with van der Waals surface area (Å²) in [5.74, 6) is -0.811. The molecule has 2 rings (SSSR count). The number of methoxy groups -OCH3 is 1. The maximum atomic E-state index is 12.7. The van der Waals surface area contributed by atoms with Crippen LogP contribution in [0.3, 0.4) is 0 Å². The van der Waals surface area contributed by atoms with Crippen molar-refractivity contribution in [2.45, 2.75) is 32.2 Å². The van der Waals surface area contributed by atoms with E-state index in [1.54, 1.807) is 6.07 Å². The zero-order chi connectivity index (χ0) is 18.6. The molecule has 25 heavy (non-hydrogen) atoms. The normalized spacial score (nSPS) is 17.2. The molecule has 1 aliphatic rings. The standard InChI is InChI=1S/C15H17F3N2O4S/c1-3-4-8-5-9(14-19-10(7-25-14)13(21)20-22)6-11(12(8)23-2)24-15(16,17)18/h5-6,10,22H,3-4,7H2,1-2H3,(H,20,21)/t10-/m1/s1. The van der Waals surface area contributed by atoms with Crippen molar-refractivity contribution in [2.24, 2.45) is 4.99 Å². The number of alkyl halides is 3. The van der Waals surface area contributed by atoms with Crippen LogP contribution in [0.25, 0.3) is 0 Å². The van der Waals surface area contributed by atoms with E-state index in [9.17, 15) is 18.0 Å². The van der Waals surface area contributed by atoms with Crippen LogP contribution in [0.4, 0.5) is 13.2 Å². The number of nitrogens with zero attached hydrogens (tertiary/aromatic N) is 1. The highest BCUT2D eigenvalue weighted by molar-refractivity contribution is 8.14. The van der Waals surface area contributed by atoms with Gasteiger partial charge in [0.15, 0.2) is 11.5 Å². The molecule has 0 saturated carbocycles. The second-order valence-corrected chi connectivity index (χ2v) is 6.21. The van der Waals surface area contributed by atoms with Crippen molar-refractivity contribution in [3.05, 3.63) is 23.3 Å². The summed E-state index contributed by atoms with van der Waals surface area (Å²) < 4.78 is 47.3. The maximum Gasteiger partial charge on any atom is 0.573 e. The Morgan fingerprint density at radius 2 is 2.20 bits per heavy atom. The molecule has 6 nitrogen and oxygen atoms in total. The second-order valence-electron chi connectivity index (χ2n) is 5.20. The highest BCUT2D eigenvalue weighted by Gasteiger charge is 2.34. The molecule has 1 aromatic carbocycles. The monoisotopic (exact) mass is 378 g/mol. The van der Waals surface area contributed by atoms with Gasteiger partial charge >= 0.3 is 6.36 Å². The number of hydrogen-bond donors (Lipinski definition) is 2. The van der Waals surface area contributed by atoms with Crippen molar-refractivity contribution in [3.8, 4) is 11.5 Å². The van der Waals surface area contributed by atoms with E-state index in [0.717, 1.165) is 0 Å². The molecule has 138 valence electrons. The molecule has 0 spiro atoms. The number of rotatable bonds is 6. The number of nitrogens with one attached hydrogen (secondary N) is 1. The second kappa shape index (κ2) is 7.96. The highest BCUT2D eigenvalue weighted by Crippen LogP contribution is 2.38. The quantitative estimate of drug-likeness (QED) is 0.588. The third kappa shape index (κ3) is 4.79. The van der Waals surface area contributed by atoms with E-state index in [4.69, 9.17) is 9.94 Å². The number of carbonyl (C=O) groups excluding carboxylic acids is 1. The van der Waals surface area contributed by atoms with Gasteiger partial charge in [-0.15, -0.1) is 24.9 Å². The number of benzene rings is 1. The summed E-state index contributed by atoms with van der Waals surface area (Å²) in [5, 5.41) is 9.07. The number of ether oxygens (including phenoxy) is 2. The number of halogens is 3. The Balaban J connectivity index is 2.46. The molecule has 1 aliphatic heterocycles. The average molecular weight is 378 g/mol. The highest BCUT2D eigenvalue weighted by atomic mass is 32.2. The van der Waals surface area contributed by atoms with Crippen molar-refractivity contribution in [1.82, 2.24) is 5.48 Å². The van der Waals surface area contributed by atoms with E-state index >= 15 is 0 Å². The van der Waals surface area contributed by atoms with Crippen LogP contribution in [-0.2, 0) is 11.2 Å². The lowest BCUT2D eigenvalue weighted by atomic mass is 10.0. The first-order valence-electron chi connectivity index (χ1n) is 7.40. The lowest BCUT2D eigenvalue weighted by Gasteiger charge is -2.17. The van der Waals surface area contributed by atoms with Crippen LogP contribution >= 0.6 is 11.8 Å². The van der Waals surface area contributed by atoms with Crippen LogP contribution in [0.2, 0.25) is 0 Å². The minimum Gasteiger partial charge on any atom is -0.493 e. The van der Waals surface area contributed by atoms with Crippen molar-refractivity contribution in [1.29, 1.82) is 0 Å². The van der Waals surface area contributed by atoms with Gasteiger partial charge in [0.2, 0.25) is 0 Å². The summed E-state index contributed by atoms with van der Waals surface area (Å²) in [6.45, 7) is 1.89. The lowest BCUT2D eigenvalue weighted by molar-refractivity contribution is -0.275. The molecule has 0 aliphatic carbocycles. The van der Waals surface area contributed by atoms with Crippen LogP contribution in [-0.4, -0.2) is 41.4 Å². The molecule has 1 heterocycles. The predicted molar refractivity (Wildman–Crippen MR) is 86.4 cm³/mol. The SMILES string of the molecule is CCCc1cc(C2=N[C@@H](C(=O)NO)CS2)cc(OC(F)(F)F)c1OC. The Bertz CT molecular complexity index is 679. The van der Waals surface area contributed by atoms with E-state index in [0.29, 0.717) is 29.0 Å². The molecule has 0 radical (unpaired) electrons. The number of carbonyl (C=O) groups is 1. The number of aryl methyl sites for hydroxylation is 1. The molecule has 0 bridgehead atoms. The number of hydroxylamine groups is 1. The summed E-state index contributed by atoms with van der Waals surface area (Å²) in [7, 11) is 1.28. The molecule has 1 atom stereocenters. The summed E-state index contributed by atoms with van der Waals surface area (Å²) in [6.07, 6.45) is -3.68. The topological polar surface area (TPSA) is 80.2 Å². The number of hydrogen-bond acceptors (Lipinski definition) is 6. The molecule has 1 amide bonds. The van der Waals surface area contributed by atoms with E-state index in [-0.39, 0.29) is 11.5 Å². The Morgan fingerprint density at radius 3 is 2.76 bits per heavy atom. The fourth-order valence-electron chi connectivity index (χ4n) is 2.41. The first kappa shape index (κ1) is 19.4. The van der Waals surface area contributed by atoms with Gasteiger partial charge in [-0.2, -0.15) is 0 Å². The third-order valence-electron chi connectivity index (χ3n) is 3.39. The zero-order valence-electron chi connectivity index (χ0n) is 13.5. The Kier molecular flexibility index (Phi) is 6.17. The van der Waals surface area contributed by atoms with Gasteiger partial charge in [0.25, 0.3) is 5.91 Å². The first-order valence-corrected chi connectivity index (χ1v) is 8.39. The van der Waals surface area contributed by atoms with Gasteiger partial charge in [0.1, 0.15) is 6.04 Å². The summed E-state index contributed by atoms with van der Waals surface area (Å²) in [4.78, 5) is 15.6. The van der Waals surface area contributed by atoms with Gasteiger partial charge in [-0.1, -0.05) is 13.3 Å². The first-order chi connectivity index (χ1) is 11.8. The van der Waals surface area contributed by atoms with Crippen molar-refractivity contribution in [2.75, 3.05) is 12.9 Å². The molecule has 10 heteroatoms. The molecular weight excluding hydrogens is 361 g/mol. The molecule has 2 N–H and O–H groups in total. The predicted octanol–water partition coefficient (Wildman–Crippen LogP) is 2.91. The number of aliphatic imine (C=N–C) groups is 1. The van der Waals surface area contributed by atoms with Crippen molar-refractivity contribution in [3.63, 3.8) is 0 Å². The van der Waals surface area contributed by atoms with Crippen LogP contribution in [0.5, 0.6) is 11.5 Å². The van der Waals surface area contributed by atoms with E-state index in [1.165, 1.54) is 30.4 Å². The van der Waals surface area contributed by atoms with Gasteiger partial charge < -0.3 is 9.47 Å². The minimum absolute atomic E-state index is 0.0242. The largest absolute Gasteiger partial charge is 0.573 e. The number of amides is 1. The van der Waals surface area contributed by atoms with Gasteiger partial charge in [-0.05, 0) is 24.1 Å². The van der Waals surface area contributed by atoms with E-state index in [2.05, 4.69) is 9.73 Å². The van der Waals surface area contributed by atoms with E-state index in [1.807, 2.05) is 6.92 Å². The molecular formula is C15H17F3N2O4S. The lowest BCUT2D eigenvalue weighted by Crippen LogP contribution is -2.31. The molecule has 1 aromatic rings. The van der Waals surface area contributed by atoms with Crippen LogP contribution in [0, 0.1) is 0 Å². The summed E-state index contributed by atoms with van der Waals surface area (Å²) >= 11 is 1.21. The van der Waals surface area contributed by atoms with Crippen LogP contribution in [0.1, 0.15) is 24.5 Å². The molecule has 0 unspecified atom stereocenters. The fraction of sp³-hybridized carbons (Fsp3) is 0.467. The van der Waals surface area contributed by atoms with Crippen molar-refractivity contribution < 1.29 is 32.6 Å². The smallest absolute Gasteiger partial charge is 0.493 e. The van der Waals surface area contributed by atoms with Crippen molar-refractivity contribution >= 4 is 22.7 Å². The maximum absolute atomic E-state index is 12.7. The average Bonchev–Trinajstić information content (AvgIpc) is 3.02. The fourth-order valence-corrected chi connectivity index (χ4v) is 3.44. The molecule has 0 fully saturated rings. The van der Waals surface area contributed by atoms with E-state index < -0.39 is 24.1 Å². The third-order valence-corrected chi connectivity index (χ3v) is 4.49. The zero-order valence-corrected chi connectivity index (χ0v) is 14.3. The van der Waals surface area contributed by atoms with Gasteiger partial charge in [0, 0.05) is 11.3 Å². The van der Waals surface area contributed by atoms with Crippen LogP contribution < -0.4 is 15.0 Å². The summed E-state index contributed by atoms with van der Waals surface area (Å²) in [5.41, 5.74) is 2.48. The minimum atomic E-state index is -4.86. The van der Waals surface area contributed by atoms with Gasteiger partial charge in [-0.25, -0.2) is 5.48 Å². The molecule has 0 aromatic heterocycles. The van der Waals surface area contributed by atoms with Gasteiger partial charge in [0.05, 0.1) is 12.2 Å². The number of thioether (sulfide) groups is 1. The van der Waals surface area contributed by atoms with Gasteiger partial charge in [-0.3, -0.25) is 15.0 Å². The summed E-state index contributed by atoms with van der Waals surface area (Å²) in [6, 6.07) is 2.07. The Morgan fingerprint density at radius 1 is 1.48 bits per heavy atom.